The first kappa shape index (κ1) is 25.9. The van der Waals surface area contributed by atoms with Gasteiger partial charge in [-0.3, -0.25) is 14.4 Å². The van der Waals surface area contributed by atoms with Gasteiger partial charge in [0.1, 0.15) is 11.4 Å². The quantitative estimate of drug-likeness (QED) is 0.505. The molecule has 1 fully saturated rings. The molecule has 1 aliphatic heterocycles. The minimum absolute atomic E-state index is 0.0110. The number of hydrogen-bond donors (Lipinski definition) is 1. The van der Waals surface area contributed by atoms with Crippen molar-refractivity contribution in [3.8, 4) is 0 Å². The Balaban J connectivity index is 1.62. The largest absolute Gasteiger partial charge is 0.548 e. The molecule has 0 spiro atoms. The molecular weight excluding hydrogens is 483 g/mol. The van der Waals surface area contributed by atoms with Crippen LogP contribution in [0.25, 0.3) is 10.9 Å². The standard InChI is InChI=1S/C26H29FN4O6/c1-4-29-14-17(24(33)28-22(15(2)3)26(35)36)23(32)16-12-18(27)20(13-19(16)29)30-7-9-31(10-8-30)25(34)21-6-5-11-37-21/h5-6,11-15,22H,4,7-10H2,1-3H3,(H,28,33)(H,35,36)/p-1/t22-/m0/s1. The van der Waals surface area contributed by atoms with Gasteiger partial charge >= 0.3 is 0 Å². The highest BCUT2D eigenvalue weighted by Gasteiger charge is 2.27. The smallest absolute Gasteiger partial charge is 0.289 e. The predicted octanol–water partition coefficient (Wildman–Crippen LogP) is 1.22. The fourth-order valence-corrected chi connectivity index (χ4v) is 4.49. The molecule has 11 heteroatoms. The van der Waals surface area contributed by atoms with Gasteiger partial charge in [-0.25, -0.2) is 4.39 Å². The van der Waals surface area contributed by atoms with Gasteiger partial charge in [0.2, 0.25) is 5.43 Å². The molecule has 2 aromatic heterocycles. The van der Waals surface area contributed by atoms with E-state index in [1.807, 2.05) is 6.92 Å². The molecule has 37 heavy (non-hydrogen) atoms. The first-order valence-electron chi connectivity index (χ1n) is 12.1. The lowest BCUT2D eigenvalue weighted by Gasteiger charge is -2.36. The van der Waals surface area contributed by atoms with Crippen LogP contribution in [0.3, 0.4) is 0 Å². The zero-order chi connectivity index (χ0) is 26.9. The fraction of sp³-hybridized carbons (Fsp3) is 0.385. The second-order valence-electron chi connectivity index (χ2n) is 9.25. The minimum Gasteiger partial charge on any atom is -0.548 e. The van der Waals surface area contributed by atoms with Crippen LogP contribution in [0.15, 0.2) is 45.9 Å². The van der Waals surface area contributed by atoms with E-state index in [-0.39, 0.29) is 28.3 Å². The number of nitrogens with zero attached hydrogens (tertiary/aromatic N) is 3. The van der Waals surface area contributed by atoms with Crippen molar-refractivity contribution < 1.29 is 28.3 Å². The Morgan fingerprint density at radius 3 is 2.43 bits per heavy atom. The molecule has 4 rings (SSSR count). The molecule has 1 atom stereocenters. The van der Waals surface area contributed by atoms with Gasteiger partial charge in [-0.1, -0.05) is 13.8 Å². The molecule has 1 saturated heterocycles. The molecule has 2 amide bonds. The molecule has 3 aromatic rings. The van der Waals surface area contributed by atoms with E-state index in [4.69, 9.17) is 4.42 Å². The molecule has 1 N–H and O–H groups in total. The maximum absolute atomic E-state index is 15.3. The van der Waals surface area contributed by atoms with Gasteiger partial charge in [0.05, 0.1) is 29.5 Å². The van der Waals surface area contributed by atoms with Crippen molar-refractivity contribution in [3.05, 3.63) is 64.1 Å². The average molecular weight is 512 g/mol. The van der Waals surface area contributed by atoms with Crippen LogP contribution in [0, 0.1) is 11.7 Å². The highest BCUT2D eigenvalue weighted by molar-refractivity contribution is 5.99. The van der Waals surface area contributed by atoms with Gasteiger partial charge in [0, 0.05) is 44.3 Å². The Hall–Kier alpha value is -4.15. The summed E-state index contributed by atoms with van der Waals surface area (Å²) in [5.41, 5.74) is -0.251. The van der Waals surface area contributed by atoms with Gasteiger partial charge in [0.25, 0.3) is 11.8 Å². The third kappa shape index (κ3) is 5.07. The number of anilines is 1. The van der Waals surface area contributed by atoms with Gasteiger partial charge in [-0.05, 0) is 37.1 Å². The van der Waals surface area contributed by atoms with E-state index < -0.39 is 35.1 Å². The minimum atomic E-state index is -1.46. The molecule has 0 radical (unpaired) electrons. The fourth-order valence-electron chi connectivity index (χ4n) is 4.49. The van der Waals surface area contributed by atoms with Crippen molar-refractivity contribution in [2.75, 3.05) is 31.1 Å². The number of aryl methyl sites for hydroxylation is 1. The van der Waals surface area contributed by atoms with E-state index in [9.17, 15) is 24.3 Å². The highest BCUT2D eigenvalue weighted by Crippen LogP contribution is 2.27. The van der Waals surface area contributed by atoms with Crippen LogP contribution in [0.2, 0.25) is 0 Å². The van der Waals surface area contributed by atoms with Gasteiger partial charge in [0.15, 0.2) is 5.76 Å². The second-order valence-corrected chi connectivity index (χ2v) is 9.25. The number of carbonyl (C=O) groups excluding carboxylic acids is 3. The maximum Gasteiger partial charge on any atom is 0.289 e. The zero-order valence-electron chi connectivity index (χ0n) is 20.8. The number of furan rings is 1. The summed E-state index contributed by atoms with van der Waals surface area (Å²) in [4.78, 5) is 53.3. The first-order chi connectivity index (χ1) is 17.6. The van der Waals surface area contributed by atoms with Crippen LogP contribution < -0.4 is 20.8 Å². The number of rotatable bonds is 7. The van der Waals surface area contributed by atoms with E-state index in [1.165, 1.54) is 12.5 Å². The van der Waals surface area contributed by atoms with Crippen LogP contribution in [0.4, 0.5) is 10.1 Å². The van der Waals surface area contributed by atoms with Crippen LogP contribution in [0.1, 0.15) is 41.7 Å². The third-order valence-corrected chi connectivity index (χ3v) is 6.58. The molecule has 0 aliphatic carbocycles. The SMILES string of the molecule is CCn1cc(C(=O)N[C@H](C(=O)[O-])C(C)C)c(=O)c2cc(F)c(N3CCN(C(=O)c4ccco4)CC3)cc21. The molecular formula is C26H28FN4O6-. The number of amides is 2. The van der Waals surface area contributed by atoms with Crippen LogP contribution in [0.5, 0.6) is 0 Å². The summed E-state index contributed by atoms with van der Waals surface area (Å²) in [5, 5.41) is 13.7. The lowest BCUT2D eigenvalue weighted by atomic mass is 10.0. The summed E-state index contributed by atoms with van der Waals surface area (Å²) in [6.45, 7) is 6.90. The summed E-state index contributed by atoms with van der Waals surface area (Å²) in [6.07, 6.45) is 2.79. The molecule has 10 nitrogen and oxygen atoms in total. The molecule has 196 valence electrons. The van der Waals surface area contributed by atoms with Crippen molar-refractivity contribution in [1.29, 1.82) is 0 Å². The molecule has 0 saturated carbocycles. The molecule has 3 heterocycles. The summed E-state index contributed by atoms with van der Waals surface area (Å²) in [6, 6.07) is 4.63. The number of fused-ring (bicyclic) bond motifs is 1. The Morgan fingerprint density at radius 2 is 1.86 bits per heavy atom. The number of carboxylic acids is 1. The Kier molecular flexibility index (Phi) is 7.33. The average Bonchev–Trinajstić information content (AvgIpc) is 3.42. The normalized spacial score (nSPS) is 14.7. The topological polar surface area (TPSA) is 128 Å². The molecule has 1 aromatic carbocycles. The highest BCUT2D eigenvalue weighted by atomic mass is 19.1. The number of aromatic nitrogens is 1. The van der Waals surface area contributed by atoms with E-state index in [1.54, 1.807) is 46.4 Å². The monoisotopic (exact) mass is 511 g/mol. The van der Waals surface area contributed by atoms with Crippen molar-refractivity contribution in [3.63, 3.8) is 0 Å². The zero-order valence-corrected chi connectivity index (χ0v) is 20.8. The van der Waals surface area contributed by atoms with Crippen LogP contribution in [-0.4, -0.2) is 59.5 Å². The van der Waals surface area contributed by atoms with Gasteiger partial charge in [-0.15, -0.1) is 0 Å². The maximum atomic E-state index is 15.3. The summed E-state index contributed by atoms with van der Waals surface area (Å²) in [5.74, 6) is -3.40. The first-order valence-corrected chi connectivity index (χ1v) is 12.1. The van der Waals surface area contributed by atoms with Gasteiger partial charge < -0.3 is 34.0 Å². The van der Waals surface area contributed by atoms with Crippen molar-refractivity contribution in [2.45, 2.75) is 33.4 Å². The van der Waals surface area contributed by atoms with Crippen molar-refractivity contribution in [1.82, 2.24) is 14.8 Å². The third-order valence-electron chi connectivity index (χ3n) is 6.58. The number of halogens is 1. The number of carboxylic acid groups (broad SMARTS) is 1. The number of benzene rings is 1. The van der Waals surface area contributed by atoms with Crippen molar-refractivity contribution in [2.24, 2.45) is 5.92 Å². The lowest BCUT2D eigenvalue weighted by Crippen LogP contribution is -2.51. The lowest BCUT2D eigenvalue weighted by molar-refractivity contribution is -0.309. The number of piperazine rings is 1. The summed E-state index contributed by atoms with van der Waals surface area (Å²) in [7, 11) is 0. The second kappa shape index (κ2) is 10.5. The summed E-state index contributed by atoms with van der Waals surface area (Å²) < 4.78 is 22.1. The van der Waals surface area contributed by atoms with E-state index in [0.717, 1.165) is 6.07 Å². The van der Waals surface area contributed by atoms with E-state index in [2.05, 4.69) is 5.32 Å². The number of pyridine rings is 1. The number of carbonyl (C=O) groups is 3. The Morgan fingerprint density at radius 1 is 1.16 bits per heavy atom. The van der Waals surface area contributed by atoms with Crippen LogP contribution in [-0.2, 0) is 11.3 Å². The number of hydrogen-bond acceptors (Lipinski definition) is 7. The van der Waals surface area contributed by atoms with Crippen molar-refractivity contribution >= 4 is 34.4 Å². The van der Waals surface area contributed by atoms with Crippen LogP contribution >= 0.6 is 0 Å². The van der Waals surface area contributed by atoms with Gasteiger partial charge in [-0.2, -0.15) is 0 Å². The molecule has 0 bridgehead atoms. The predicted molar refractivity (Wildman–Crippen MR) is 132 cm³/mol. The number of nitrogens with one attached hydrogen (secondary N) is 1. The molecule has 1 aliphatic rings. The van der Waals surface area contributed by atoms with E-state index >= 15 is 4.39 Å². The molecule has 0 unspecified atom stereocenters. The Bertz CT molecular complexity index is 1390. The summed E-state index contributed by atoms with van der Waals surface area (Å²) >= 11 is 0. The number of aliphatic carboxylic acids is 1. The Labute approximate surface area is 212 Å². The van der Waals surface area contributed by atoms with E-state index in [0.29, 0.717) is 38.2 Å².